The summed E-state index contributed by atoms with van der Waals surface area (Å²) in [7, 11) is 0.540. The molecule has 3 rings (SSSR count). The van der Waals surface area contributed by atoms with E-state index >= 15 is 0 Å². The summed E-state index contributed by atoms with van der Waals surface area (Å²) in [4.78, 5) is 13.9. The molecule has 0 amide bonds. The molecule has 26 heavy (non-hydrogen) atoms. The van der Waals surface area contributed by atoms with Gasteiger partial charge in [0.25, 0.3) is 0 Å². The van der Waals surface area contributed by atoms with Gasteiger partial charge in [0.2, 0.25) is 10.0 Å². The maximum Gasteiger partial charge on any atom is 0.214 e. The number of nitrogens with one attached hydrogen (secondary N) is 1. The van der Waals surface area contributed by atoms with Gasteiger partial charge in [0.1, 0.15) is 17.8 Å². The highest BCUT2D eigenvalue weighted by Gasteiger charge is 2.37. The molecule has 0 aliphatic heterocycles. The molecule has 1 fully saturated rings. The normalized spacial score (nSPS) is 21.7. The van der Waals surface area contributed by atoms with E-state index in [-0.39, 0.29) is 17.7 Å². The maximum atomic E-state index is 12.6. The first kappa shape index (κ1) is 19.1. The monoisotopic (exact) mass is 379 g/mol. The molecule has 0 bridgehead atoms. The number of aromatic nitrogens is 3. The Hall–Kier alpha value is -1.67. The van der Waals surface area contributed by atoms with Crippen molar-refractivity contribution in [1.82, 2.24) is 19.3 Å². The number of hydrogen-bond donors (Lipinski definition) is 1. The van der Waals surface area contributed by atoms with Crippen LogP contribution in [-0.4, -0.2) is 59.6 Å². The van der Waals surface area contributed by atoms with Gasteiger partial charge in [-0.05, 0) is 38.2 Å². The molecule has 2 aromatic rings. The largest absolute Gasteiger partial charge is 0.356 e. The molecule has 1 unspecified atom stereocenters. The molecule has 1 aliphatic rings. The van der Waals surface area contributed by atoms with Crippen LogP contribution in [-0.2, 0) is 10.0 Å². The van der Waals surface area contributed by atoms with Gasteiger partial charge in [-0.3, -0.25) is 0 Å². The molecule has 0 radical (unpaired) electrons. The molecule has 0 spiro atoms. The smallest absolute Gasteiger partial charge is 0.214 e. The van der Waals surface area contributed by atoms with Crippen LogP contribution in [0.3, 0.4) is 0 Å². The summed E-state index contributed by atoms with van der Waals surface area (Å²) in [5.74, 6) is 1.36. The van der Waals surface area contributed by atoms with Crippen LogP contribution in [0, 0.1) is 5.92 Å². The summed E-state index contributed by atoms with van der Waals surface area (Å²) < 4.78 is 26.8. The Bertz CT molecular complexity index is 844. The Morgan fingerprint density at radius 1 is 1.31 bits per heavy atom. The van der Waals surface area contributed by atoms with E-state index < -0.39 is 10.0 Å². The molecular formula is C18H29N5O2S. The lowest BCUT2D eigenvalue weighted by Gasteiger charge is -2.42. The number of H-pyrrole nitrogens is 1. The minimum absolute atomic E-state index is 0.0615. The molecule has 2 heterocycles. The van der Waals surface area contributed by atoms with E-state index in [2.05, 4.69) is 26.8 Å². The first-order chi connectivity index (χ1) is 12.3. The van der Waals surface area contributed by atoms with Crippen LogP contribution >= 0.6 is 0 Å². The van der Waals surface area contributed by atoms with Crippen LogP contribution in [0.1, 0.15) is 39.5 Å². The lowest BCUT2D eigenvalue weighted by molar-refractivity contribution is 0.275. The van der Waals surface area contributed by atoms with Gasteiger partial charge in [-0.1, -0.05) is 13.3 Å². The molecular weight excluding hydrogens is 350 g/mol. The summed E-state index contributed by atoms with van der Waals surface area (Å²) in [6.07, 6.45) is 7.06. The van der Waals surface area contributed by atoms with Crippen molar-refractivity contribution in [2.24, 2.45) is 5.92 Å². The third kappa shape index (κ3) is 3.71. The van der Waals surface area contributed by atoms with Crippen molar-refractivity contribution in [3.05, 3.63) is 18.6 Å². The van der Waals surface area contributed by atoms with Crippen LogP contribution in [0.15, 0.2) is 18.6 Å². The number of anilines is 1. The van der Waals surface area contributed by atoms with Gasteiger partial charge in [0.05, 0.1) is 11.1 Å². The van der Waals surface area contributed by atoms with Crippen LogP contribution in [0.2, 0.25) is 0 Å². The van der Waals surface area contributed by atoms with Crippen molar-refractivity contribution >= 4 is 26.9 Å². The van der Waals surface area contributed by atoms with Crippen molar-refractivity contribution in [1.29, 1.82) is 0 Å². The van der Waals surface area contributed by atoms with Gasteiger partial charge < -0.3 is 9.88 Å². The van der Waals surface area contributed by atoms with E-state index in [4.69, 9.17) is 0 Å². The van der Waals surface area contributed by atoms with E-state index in [1.54, 1.807) is 17.7 Å². The summed E-state index contributed by atoms with van der Waals surface area (Å²) in [6.45, 7) is 4.06. The van der Waals surface area contributed by atoms with E-state index in [0.717, 1.165) is 42.5 Å². The second kappa shape index (κ2) is 7.52. The Morgan fingerprint density at radius 2 is 2.04 bits per heavy atom. The van der Waals surface area contributed by atoms with Gasteiger partial charge >= 0.3 is 0 Å². The fraction of sp³-hybridized carbons (Fsp3) is 0.667. The Labute approximate surface area is 155 Å². The second-order valence-corrected chi connectivity index (χ2v) is 9.54. The van der Waals surface area contributed by atoms with Gasteiger partial charge in [-0.2, -0.15) is 0 Å². The highest BCUT2D eigenvalue weighted by atomic mass is 32.2. The zero-order valence-corrected chi connectivity index (χ0v) is 16.8. The summed E-state index contributed by atoms with van der Waals surface area (Å²) in [5, 5.41) is 0.999. The molecule has 1 N–H and O–H groups in total. The van der Waals surface area contributed by atoms with Gasteiger partial charge in [0.15, 0.2) is 0 Å². The van der Waals surface area contributed by atoms with Crippen molar-refractivity contribution in [2.45, 2.75) is 51.6 Å². The van der Waals surface area contributed by atoms with Gasteiger partial charge in [-0.15, -0.1) is 0 Å². The van der Waals surface area contributed by atoms with Crippen molar-refractivity contribution in [3.63, 3.8) is 0 Å². The predicted octanol–water partition coefficient (Wildman–Crippen LogP) is 2.62. The van der Waals surface area contributed by atoms with Crippen LogP contribution in [0.4, 0.5) is 5.82 Å². The van der Waals surface area contributed by atoms with Crippen molar-refractivity contribution in [2.75, 3.05) is 24.7 Å². The highest BCUT2D eigenvalue weighted by Crippen LogP contribution is 2.36. The third-order valence-electron chi connectivity index (χ3n) is 5.64. The number of nitrogens with zero attached hydrogens (tertiary/aromatic N) is 4. The summed E-state index contributed by atoms with van der Waals surface area (Å²) in [5.41, 5.74) is 0.826. The zero-order chi connectivity index (χ0) is 18.9. The number of fused-ring (bicyclic) bond motifs is 1. The average molecular weight is 380 g/mol. The maximum absolute atomic E-state index is 12.6. The summed E-state index contributed by atoms with van der Waals surface area (Å²) >= 11 is 0. The van der Waals surface area contributed by atoms with E-state index in [1.807, 2.05) is 26.2 Å². The van der Waals surface area contributed by atoms with Crippen LogP contribution < -0.4 is 4.90 Å². The molecule has 0 saturated heterocycles. The minimum Gasteiger partial charge on any atom is -0.356 e. The summed E-state index contributed by atoms with van der Waals surface area (Å²) in [6, 6.07) is 2.36. The lowest BCUT2D eigenvalue weighted by Crippen LogP contribution is -2.47. The van der Waals surface area contributed by atoms with E-state index in [1.165, 1.54) is 0 Å². The van der Waals surface area contributed by atoms with E-state index in [9.17, 15) is 8.42 Å². The molecule has 8 heteroatoms. The molecule has 144 valence electrons. The number of aromatic amines is 1. The lowest BCUT2D eigenvalue weighted by atomic mass is 9.81. The number of hydrogen-bond acceptors (Lipinski definition) is 5. The van der Waals surface area contributed by atoms with Crippen molar-refractivity contribution in [3.8, 4) is 0 Å². The van der Waals surface area contributed by atoms with Crippen molar-refractivity contribution < 1.29 is 8.42 Å². The molecule has 2 aromatic heterocycles. The number of rotatable bonds is 8. The Morgan fingerprint density at radius 3 is 2.73 bits per heavy atom. The predicted molar refractivity (Wildman–Crippen MR) is 105 cm³/mol. The highest BCUT2D eigenvalue weighted by molar-refractivity contribution is 7.89. The van der Waals surface area contributed by atoms with Gasteiger partial charge in [-0.25, -0.2) is 22.7 Å². The molecule has 1 atom stereocenters. The molecule has 1 saturated carbocycles. The average Bonchev–Trinajstić information content (AvgIpc) is 3.05. The topological polar surface area (TPSA) is 82.2 Å². The first-order valence-electron chi connectivity index (χ1n) is 9.30. The molecule has 1 aliphatic carbocycles. The number of sulfonamides is 1. The third-order valence-corrected chi connectivity index (χ3v) is 7.77. The van der Waals surface area contributed by atoms with Gasteiger partial charge in [0, 0.05) is 32.4 Å². The Kier molecular flexibility index (Phi) is 5.53. The molecule has 0 aromatic carbocycles. The fourth-order valence-corrected chi connectivity index (χ4v) is 5.51. The SMILES string of the molecule is CCCC(C)N(C)S(=O)(=O)CC1CC(N(C)c2ncnc3[nH]ccc23)C1. The fourth-order valence-electron chi connectivity index (χ4n) is 3.75. The molecule has 7 nitrogen and oxygen atoms in total. The van der Waals surface area contributed by atoms with Crippen LogP contribution in [0.5, 0.6) is 0 Å². The quantitative estimate of drug-likeness (QED) is 0.762. The Balaban J connectivity index is 1.59. The second-order valence-electron chi connectivity index (χ2n) is 7.47. The zero-order valence-electron chi connectivity index (χ0n) is 16.0. The first-order valence-corrected chi connectivity index (χ1v) is 10.9. The standard InChI is InChI=1S/C18H29N5O2S/c1-5-6-13(2)23(4)26(24,25)11-14-9-15(10-14)22(3)18-16-7-8-19-17(16)20-12-21-18/h7-8,12-15H,5-6,9-11H2,1-4H3,(H,19,20,21). The van der Waals surface area contributed by atoms with E-state index in [0.29, 0.717) is 6.04 Å². The van der Waals surface area contributed by atoms with Crippen LogP contribution in [0.25, 0.3) is 11.0 Å². The minimum atomic E-state index is -3.20.